The summed E-state index contributed by atoms with van der Waals surface area (Å²) in [6.07, 6.45) is 0. The first-order valence-electron chi connectivity index (χ1n) is 5.71. The van der Waals surface area contributed by atoms with Crippen molar-refractivity contribution in [2.24, 2.45) is 0 Å². The van der Waals surface area contributed by atoms with E-state index >= 15 is 0 Å². The first-order valence-corrected chi connectivity index (χ1v) is 6.49. The fourth-order valence-electron chi connectivity index (χ4n) is 2.10. The number of nitrogens with zero attached hydrogens (tertiary/aromatic N) is 2. The summed E-state index contributed by atoms with van der Waals surface area (Å²) in [4.78, 5) is 3.04. The fraction of sp³-hybridized carbons (Fsp3) is 0. The SMILES string of the molecule is N#Cc1cc(-n2c(=S)[nH]c3cccc(Cl)c32)ccc1F. The van der Waals surface area contributed by atoms with Crippen molar-refractivity contribution in [2.45, 2.75) is 0 Å². The summed E-state index contributed by atoms with van der Waals surface area (Å²) >= 11 is 11.5. The van der Waals surface area contributed by atoms with Crippen LogP contribution in [0.15, 0.2) is 36.4 Å². The molecule has 20 heavy (non-hydrogen) atoms. The Hall–Kier alpha value is -2.16. The van der Waals surface area contributed by atoms with Gasteiger partial charge < -0.3 is 4.98 Å². The van der Waals surface area contributed by atoms with Gasteiger partial charge in [-0.05, 0) is 42.5 Å². The largest absolute Gasteiger partial charge is 0.330 e. The second-order valence-electron chi connectivity index (χ2n) is 4.18. The lowest BCUT2D eigenvalue weighted by atomic mass is 10.2. The molecule has 3 aromatic rings. The summed E-state index contributed by atoms with van der Waals surface area (Å²) in [5, 5.41) is 9.44. The molecule has 1 heterocycles. The van der Waals surface area contributed by atoms with Crippen LogP contribution in [0.5, 0.6) is 0 Å². The Kier molecular flexibility index (Phi) is 3.05. The zero-order chi connectivity index (χ0) is 14.3. The molecule has 3 nitrogen and oxygen atoms in total. The second-order valence-corrected chi connectivity index (χ2v) is 4.97. The Morgan fingerprint density at radius 3 is 2.85 bits per heavy atom. The lowest BCUT2D eigenvalue weighted by Crippen LogP contribution is -1.96. The molecular formula is C14H7ClFN3S. The average molecular weight is 304 g/mol. The van der Waals surface area contributed by atoms with Crippen LogP contribution in [0.2, 0.25) is 5.02 Å². The highest BCUT2D eigenvalue weighted by atomic mass is 35.5. The van der Waals surface area contributed by atoms with E-state index in [-0.39, 0.29) is 5.56 Å². The molecule has 0 amide bonds. The third-order valence-corrected chi connectivity index (χ3v) is 3.57. The molecule has 0 atom stereocenters. The predicted molar refractivity (Wildman–Crippen MR) is 78.1 cm³/mol. The average Bonchev–Trinajstić information content (AvgIpc) is 2.77. The number of halogens is 2. The molecule has 0 fully saturated rings. The number of hydrogen-bond acceptors (Lipinski definition) is 2. The topological polar surface area (TPSA) is 44.5 Å². The van der Waals surface area contributed by atoms with Crippen molar-refractivity contribution in [3.63, 3.8) is 0 Å². The molecule has 3 rings (SSSR count). The predicted octanol–water partition coefficient (Wildman–Crippen LogP) is 4.35. The summed E-state index contributed by atoms with van der Waals surface area (Å²) in [6.45, 7) is 0. The van der Waals surface area contributed by atoms with Gasteiger partial charge in [0.2, 0.25) is 0 Å². The number of rotatable bonds is 1. The van der Waals surface area contributed by atoms with Crippen LogP contribution in [0.25, 0.3) is 16.7 Å². The van der Waals surface area contributed by atoms with Crippen molar-refractivity contribution in [1.82, 2.24) is 9.55 Å². The van der Waals surface area contributed by atoms with Crippen molar-refractivity contribution < 1.29 is 4.39 Å². The third kappa shape index (κ3) is 1.90. The van der Waals surface area contributed by atoms with Gasteiger partial charge in [0, 0.05) is 0 Å². The van der Waals surface area contributed by atoms with Gasteiger partial charge in [-0.1, -0.05) is 17.7 Å². The van der Waals surface area contributed by atoms with E-state index in [9.17, 15) is 4.39 Å². The summed E-state index contributed by atoms with van der Waals surface area (Å²) < 4.78 is 15.5. The fourth-order valence-corrected chi connectivity index (χ4v) is 2.67. The van der Waals surface area contributed by atoms with Crippen molar-refractivity contribution in [3.8, 4) is 11.8 Å². The molecule has 1 aromatic heterocycles. The molecule has 0 bridgehead atoms. The number of imidazole rings is 1. The molecule has 0 aliphatic carbocycles. The smallest absolute Gasteiger partial charge is 0.182 e. The van der Waals surface area contributed by atoms with Gasteiger partial charge in [0.25, 0.3) is 0 Å². The Morgan fingerprint density at radius 2 is 2.10 bits per heavy atom. The first-order chi connectivity index (χ1) is 9.61. The number of nitrogens with one attached hydrogen (secondary N) is 1. The molecule has 2 aromatic carbocycles. The standard InChI is InChI=1S/C14H7ClFN3S/c15-10-2-1-3-12-13(10)19(14(20)18-12)9-4-5-11(16)8(6-9)7-17/h1-6H,(H,18,20). The van der Waals surface area contributed by atoms with Crippen molar-refractivity contribution in [2.75, 3.05) is 0 Å². The monoisotopic (exact) mass is 303 g/mol. The molecule has 0 spiro atoms. The van der Waals surface area contributed by atoms with E-state index < -0.39 is 5.82 Å². The lowest BCUT2D eigenvalue weighted by Gasteiger charge is -2.06. The quantitative estimate of drug-likeness (QED) is 0.679. The summed E-state index contributed by atoms with van der Waals surface area (Å²) in [5.41, 5.74) is 2.04. The minimum atomic E-state index is -0.561. The Balaban J connectivity index is 2.38. The number of nitriles is 1. The van der Waals surface area contributed by atoms with Crippen LogP contribution in [0.3, 0.4) is 0 Å². The maximum atomic E-state index is 13.4. The molecule has 1 N–H and O–H groups in total. The zero-order valence-electron chi connectivity index (χ0n) is 10.0. The molecule has 0 aliphatic rings. The van der Waals surface area contributed by atoms with Gasteiger partial charge in [-0.2, -0.15) is 5.26 Å². The molecule has 0 saturated heterocycles. The van der Waals surface area contributed by atoms with Gasteiger partial charge in [0.05, 0.1) is 27.3 Å². The van der Waals surface area contributed by atoms with Crippen LogP contribution in [0, 0.1) is 21.9 Å². The van der Waals surface area contributed by atoms with E-state index in [1.54, 1.807) is 16.7 Å². The van der Waals surface area contributed by atoms with E-state index in [0.29, 0.717) is 21.0 Å². The number of aromatic amines is 1. The lowest BCUT2D eigenvalue weighted by molar-refractivity contribution is 0.623. The van der Waals surface area contributed by atoms with Crippen LogP contribution < -0.4 is 0 Å². The number of fused-ring (bicyclic) bond motifs is 1. The van der Waals surface area contributed by atoms with E-state index in [0.717, 1.165) is 5.52 Å². The van der Waals surface area contributed by atoms with Crippen LogP contribution >= 0.6 is 23.8 Å². The van der Waals surface area contributed by atoms with E-state index in [1.807, 2.05) is 18.2 Å². The summed E-state index contributed by atoms with van der Waals surface area (Å²) in [7, 11) is 0. The van der Waals surface area contributed by atoms with Crippen LogP contribution in [0.1, 0.15) is 5.56 Å². The number of aromatic nitrogens is 2. The van der Waals surface area contributed by atoms with Crippen LogP contribution in [0.4, 0.5) is 4.39 Å². The minimum absolute atomic E-state index is 0.0363. The van der Waals surface area contributed by atoms with Crippen molar-refractivity contribution in [1.29, 1.82) is 5.26 Å². The van der Waals surface area contributed by atoms with Gasteiger partial charge in [-0.3, -0.25) is 4.57 Å². The van der Waals surface area contributed by atoms with Gasteiger partial charge in [0.1, 0.15) is 11.9 Å². The van der Waals surface area contributed by atoms with E-state index in [1.165, 1.54) is 12.1 Å². The third-order valence-electron chi connectivity index (χ3n) is 2.98. The molecule has 0 aliphatic heterocycles. The van der Waals surface area contributed by atoms with Crippen LogP contribution in [-0.2, 0) is 0 Å². The van der Waals surface area contributed by atoms with Crippen molar-refractivity contribution >= 4 is 34.9 Å². The molecule has 0 radical (unpaired) electrons. The van der Waals surface area contributed by atoms with Gasteiger partial charge >= 0.3 is 0 Å². The normalized spacial score (nSPS) is 10.7. The van der Waals surface area contributed by atoms with Crippen LogP contribution in [-0.4, -0.2) is 9.55 Å². The Labute approximate surface area is 123 Å². The number of H-pyrrole nitrogens is 1. The zero-order valence-corrected chi connectivity index (χ0v) is 11.6. The maximum Gasteiger partial charge on any atom is 0.182 e. The van der Waals surface area contributed by atoms with Crippen molar-refractivity contribution in [3.05, 3.63) is 57.6 Å². The highest BCUT2D eigenvalue weighted by Gasteiger charge is 2.11. The van der Waals surface area contributed by atoms with E-state index in [4.69, 9.17) is 29.1 Å². The molecular weight excluding hydrogens is 297 g/mol. The Bertz CT molecular complexity index is 920. The highest BCUT2D eigenvalue weighted by molar-refractivity contribution is 7.71. The number of hydrogen-bond donors (Lipinski definition) is 1. The van der Waals surface area contributed by atoms with E-state index in [2.05, 4.69) is 4.98 Å². The molecule has 0 saturated carbocycles. The first kappa shape index (κ1) is 12.9. The van der Waals surface area contributed by atoms with Gasteiger partial charge in [0.15, 0.2) is 4.77 Å². The maximum absolute atomic E-state index is 13.4. The highest BCUT2D eigenvalue weighted by Crippen LogP contribution is 2.27. The molecule has 98 valence electrons. The number of para-hydroxylation sites is 1. The Morgan fingerprint density at radius 1 is 1.30 bits per heavy atom. The second kappa shape index (κ2) is 4.75. The molecule has 6 heteroatoms. The number of benzene rings is 2. The minimum Gasteiger partial charge on any atom is -0.330 e. The molecule has 0 unspecified atom stereocenters. The van der Waals surface area contributed by atoms with Gasteiger partial charge in [-0.25, -0.2) is 4.39 Å². The van der Waals surface area contributed by atoms with Gasteiger partial charge in [-0.15, -0.1) is 0 Å². The summed E-state index contributed by atoms with van der Waals surface area (Å²) in [6, 6.07) is 11.5. The summed E-state index contributed by atoms with van der Waals surface area (Å²) in [5.74, 6) is -0.561.